The smallest absolute Gasteiger partial charge is 0.264 e. The third-order valence-electron chi connectivity index (χ3n) is 4.80. The molecule has 2 fully saturated rings. The third kappa shape index (κ3) is 3.65. The summed E-state index contributed by atoms with van der Waals surface area (Å²) >= 11 is 0. The Hall–Kier alpha value is -2.44. The standard InChI is InChI=1S/C18H23FN4O2/c1-2-15(24)23-12-8-18(19,13-23)17(25)21-14-7-6-9-20-16(14)22-10-4-3-5-11-22/h2,6-7,9H,1,3-5,8,10-13H2,(H,21,25). The highest BCUT2D eigenvalue weighted by Crippen LogP contribution is 2.30. The molecule has 1 atom stereocenters. The van der Waals surface area contributed by atoms with Gasteiger partial charge in [0.25, 0.3) is 5.91 Å². The summed E-state index contributed by atoms with van der Waals surface area (Å²) in [5.41, 5.74) is -1.58. The molecule has 1 aromatic heterocycles. The minimum absolute atomic E-state index is 0.0161. The van der Waals surface area contributed by atoms with E-state index in [1.54, 1.807) is 18.3 Å². The van der Waals surface area contributed by atoms with Crippen LogP contribution in [-0.2, 0) is 9.59 Å². The zero-order chi connectivity index (χ0) is 17.9. The summed E-state index contributed by atoms with van der Waals surface area (Å²) < 4.78 is 15.0. The number of likely N-dealkylation sites (tertiary alicyclic amines) is 1. The van der Waals surface area contributed by atoms with Crippen LogP contribution in [0.5, 0.6) is 0 Å². The van der Waals surface area contributed by atoms with Crippen molar-refractivity contribution in [3.8, 4) is 0 Å². The lowest BCUT2D eigenvalue weighted by Crippen LogP contribution is -2.42. The molecule has 3 heterocycles. The molecule has 1 N–H and O–H groups in total. The van der Waals surface area contributed by atoms with Crippen LogP contribution in [0.25, 0.3) is 0 Å². The fraction of sp³-hybridized carbons (Fsp3) is 0.500. The van der Waals surface area contributed by atoms with E-state index in [9.17, 15) is 9.59 Å². The summed E-state index contributed by atoms with van der Waals surface area (Å²) in [6.45, 7) is 5.12. The van der Waals surface area contributed by atoms with Gasteiger partial charge in [0.05, 0.1) is 12.2 Å². The van der Waals surface area contributed by atoms with Gasteiger partial charge >= 0.3 is 0 Å². The number of piperidine rings is 1. The number of pyridine rings is 1. The average molecular weight is 346 g/mol. The number of nitrogens with zero attached hydrogens (tertiary/aromatic N) is 3. The van der Waals surface area contributed by atoms with Gasteiger partial charge in [0.2, 0.25) is 11.6 Å². The number of halogens is 1. The lowest BCUT2D eigenvalue weighted by Gasteiger charge is -2.29. The van der Waals surface area contributed by atoms with Crippen molar-refractivity contribution in [2.45, 2.75) is 31.4 Å². The van der Waals surface area contributed by atoms with Gasteiger partial charge in [-0.3, -0.25) is 9.59 Å². The van der Waals surface area contributed by atoms with E-state index in [4.69, 9.17) is 0 Å². The number of hydrogen-bond donors (Lipinski definition) is 1. The quantitative estimate of drug-likeness (QED) is 0.849. The minimum Gasteiger partial charge on any atom is -0.355 e. The average Bonchev–Trinajstić information content (AvgIpc) is 3.06. The Morgan fingerprint density at radius 1 is 1.28 bits per heavy atom. The van der Waals surface area contributed by atoms with Crippen molar-refractivity contribution in [1.29, 1.82) is 0 Å². The second kappa shape index (κ2) is 7.21. The number of hydrogen-bond acceptors (Lipinski definition) is 4. The van der Waals surface area contributed by atoms with Crippen LogP contribution in [0.2, 0.25) is 0 Å². The molecule has 2 saturated heterocycles. The van der Waals surface area contributed by atoms with Crippen molar-refractivity contribution in [2.75, 3.05) is 36.4 Å². The molecule has 2 amide bonds. The molecular formula is C18H23FN4O2. The highest BCUT2D eigenvalue weighted by molar-refractivity contribution is 6.00. The van der Waals surface area contributed by atoms with Gasteiger partial charge in [-0.25, -0.2) is 9.37 Å². The maximum Gasteiger partial charge on any atom is 0.264 e. The minimum atomic E-state index is -2.09. The van der Waals surface area contributed by atoms with Crippen LogP contribution in [0.4, 0.5) is 15.9 Å². The maximum atomic E-state index is 15.0. The lowest BCUT2D eigenvalue weighted by atomic mass is 10.0. The van der Waals surface area contributed by atoms with Crippen LogP contribution < -0.4 is 10.2 Å². The van der Waals surface area contributed by atoms with Crippen molar-refractivity contribution in [3.05, 3.63) is 31.0 Å². The first kappa shape index (κ1) is 17.4. The number of alkyl halides is 1. The molecule has 0 aliphatic carbocycles. The summed E-state index contributed by atoms with van der Waals surface area (Å²) in [7, 11) is 0. The summed E-state index contributed by atoms with van der Waals surface area (Å²) in [4.78, 5) is 32.0. The van der Waals surface area contributed by atoms with Gasteiger partial charge in [0, 0.05) is 32.3 Å². The summed E-state index contributed by atoms with van der Waals surface area (Å²) in [5, 5.41) is 2.69. The summed E-state index contributed by atoms with van der Waals surface area (Å²) in [6, 6.07) is 3.45. The summed E-state index contributed by atoms with van der Waals surface area (Å²) in [5.74, 6) is -0.406. The van der Waals surface area contributed by atoms with Gasteiger partial charge in [-0.15, -0.1) is 0 Å². The number of carbonyl (C=O) groups is 2. The molecule has 6 nitrogen and oxygen atoms in total. The largest absolute Gasteiger partial charge is 0.355 e. The van der Waals surface area contributed by atoms with Crippen LogP contribution in [0.1, 0.15) is 25.7 Å². The monoisotopic (exact) mass is 346 g/mol. The van der Waals surface area contributed by atoms with Gasteiger partial charge in [-0.1, -0.05) is 6.58 Å². The number of rotatable bonds is 4. The first-order valence-corrected chi connectivity index (χ1v) is 8.65. The number of nitrogens with one attached hydrogen (secondary N) is 1. The van der Waals surface area contributed by atoms with E-state index in [-0.39, 0.29) is 25.4 Å². The van der Waals surface area contributed by atoms with E-state index < -0.39 is 11.6 Å². The Bertz CT molecular complexity index is 675. The number of anilines is 2. The van der Waals surface area contributed by atoms with Gasteiger partial charge < -0.3 is 15.1 Å². The van der Waals surface area contributed by atoms with Crippen LogP contribution >= 0.6 is 0 Å². The first-order chi connectivity index (χ1) is 12.0. The van der Waals surface area contributed by atoms with E-state index in [1.165, 1.54) is 11.3 Å². The highest BCUT2D eigenvalue weighted by Gasteiger charge is 2.46. The Balaban J connectivity index is 1.73. The predicted molar refractivity (Wildman–Crippen MR) is 94.2 cm³/mol. The molecule has 1 aromatic rings. The topological polar surface area (TPSA) is 65.5 Å². The van der Waals surface area contributed by atoms with E-state index in [0.717, 1.165) is 32.0 Å². The lowest BCUT2D eigenvalue weighted by molar-refractivity contribution is -0.129. The number of carbonyl (C=O) groups excluding carboxylic acids is 2. The molecule has 134 valence electrons. The van der Waals surface area contributed by atoms with Crippen LogP contribution in [0, 0.1) is 0 Å². The molecule has 0 spiro atoms. The maximum absolute atomic E-state index is 15.0. The number of amides is 2. The molecule has 0 bridgehead atoms. The molecule has 1 unspecified atom stereocenters. The van der Waals surface area contributed by atoms with Crippen molar-refractivity contribution < 1.29 is 14.0 Å². The zero-order valence-electron chi connectivity index (χ0n) is 14.2. The normalized spacial score (nSPS) is 23.4. The molecule has 2 aliphatic rings. The Morgan fingerprint density at radius 3 is 2.76 bits per heavy atom. The first-order valence-electron chi connectivity index (χ1n) is 8.65. The fourth-order valence-electron chi connectivity index (χ4n) is 3.36. The van der Waals surface area contributed by atoms with E-state index >= 15 is 4.39 Å². The SMILES string of the molecule is C=CC(=O)N1CCC(F)(C(=O)Nc2cccnc2N2CCCCC2)C1. The second-order valence-corrected chi connectivity index (χ2v) is 6.56. The van der Waals surface area contributed by atoms with Gasteiger partial charge in [-0.2, -0.15) is 0 Å². The van der Waals surface area contributed by atoms with E-state index in [1.807, 2.05) is 0 Å². The Kier molecular flexibility index (Phi) is 5.01. The third-order valence-corrected chi connectivity index (χ3v) is 4.80. The zero-order valence-corrected chi connectivity index (χ0v) is 14.2. The molecule has 0 saturated carbocycles. The molecule has 7 heteroatoms. The summed E-state index contributed by atoms with van der Waals surface area (Å²) in [6.07, 6.45) is 6.14. The Labute approximate surface area is 146 Å². The van der Waals surface area contributed by atoms with Crippen LogP contribution in [0.15, 0.2) is 31.0 Å². The molecule has 0 aromatic carbocycles. The van der Waals surface area contributed by atoms with Gasteiger partial charge in [0.1, 0.15) is 0 Å². The van der Waals surface area contributed by atoms with Gasteiger partial charge in [0.15, 0.2) is 5.82 Å². The van der Waals surface area contributed by atoms with E-state index in [0.29, 0.717) is 11.5 Å². The molecule has 2 aliphatic heterocycles. The second-order valence-electron chi connectivity index (χ2n) is 6.56. The van der Waals surface area contributed by atoms with Gasteiger partial charge in [-0.05, 0) is 37.5 Å². The van der Waals surface area contributed by atoms with Crippen LogP contribution in [-0.4, -0.2) is 53.5 Å². The molecule has 25 heavy (non-hydrogen) atoms. The van der Waals surface area contributed by atoms with Crippen LogP contribution in [0.3, 0.4) is 0 Å². The molecular weight excluding hydrogens is 323 g/mol. The fourth-order valence-corrected chi connectivity index (χ4v) is 3.36. The Morgan fingerprint density at radius 2 is 2.04 bits per heavy atom. The van der Waals surface area contributed by atoms with Crippen molar-refractivity contribution >= 4 is 23.3 Å². The number of aromatic nitrogens is 1. The van der Waals surface area contributed by atoms with Crippen molar-refractivity contribution in [1.82, 2.24) is 9.88 Å². The van der Waals surface area contributed by atoms with Crippen molar-refractivity contribution in [3.63, 3.8) is 0 Å². The van der Waals surface area contributed by atoms with Crippen molar-refractivity contribution in [2.24, 2.45) is 0 Å². The van der Waals surface area contributed by atoms with E-state index in [2.05, 4.69) is 21.8 Å². The highest BCUT2D eigenvalue weighted by atomic mass is 19.1. The predicted octanol–water partition coefficient (Wildman–Crippen LogP) is 2.14. The molecule has 3 rings (SSSR count). The molecule has 0 radical (unpaired) electrons.